The van der Waals surface area contributed by atoms with Crippen molar-refractivity contribution in [3.8, 4) is 0 Å². The van der Waals surface area contributed by atoms with Gasteiger partial charge in [-0.2, -0.15) is 5.10 Å². The fourth-order valence-corrected chi connectivity index (χ4v) is 4.32. The molecule has 5 nitrogen and oxygen atoms in total. The third-order valence-corrected chi connectivity index (χ3v) is 6.01. The van der Waals surface area contributed by atoms with Crippen LogP contribution in [0, 0.1) is 0 Å². The molecular weight excluding hydrogens is 431 g/mol. The Kier molecular flexibility index (Phi) is 6.30. The zero-order chi connectivity index (χ0) is 20.4. The highest BCUT2D eigenvalue weighted by Gasteiger charge is 2.33. The minimum absolute atomic E-state index is 0.0601. The highest BCUT2D eigenvalue weighted by atomic mass is 35.5. The van der Waals surface area contributed by atoms with Gasteiger partial charge in [0.1, 0.15) is 5.71 Å². The van der Waals surface area contributed by atoms with Crippen molar-refractivity contribution in [2.45, 2.75) is 31.7 Å². The van der Waals surface area contributed by atoms with Gasteiger partial charge in [0.25, 0.3) is 5.91 Å². The average molecular weight is 452 g/mol. The summed E-state index contributed by atoms with van der Waals surface area (Å²) < 4.78 is 0. The van der Waals surface area contributed by atoms with Crippen LogP contribution in [0.5, 0.6) is 0 Å². The standard InChI is InChI=1S/C21H21Cl3N4O/c22-15-6-4-14(5-7-15)18-13-19(26-25-18)21(29)28(27-10-2-1-3-11-27)20-9-8-16(23)12-17(20)24/h4-9,12,18,25H,1-3,10-11,13H2. The first-order valence-corrected chi connectivity index (χ1v) is 10.8. The number of hydrogen-bond acceptors (Lipinski definition) is 4. The van der Waals surface area contributed by atoms with E-state index in [1.165, 1.54) is 0 Å². The van der Waals surface area contributed by atoms with Crippen LogP contribution in [0.25, 0.3) is 0 Å². The van der Waals surface area contributed by atoms with Crippen LogP contribution in [0.2, 0.25) is 15.1 Å². The molecule has 0 saturated carbocycles. The van der Waals surface area contributed by atoms with E-state index in [0.717, 1.165) is 37.9 Å². The van der Waals surface area contributed by atoms with Crippen molar-refractivity contribution in [2.75, 3.05) is 18.1 Å². The molecule has 2 aliphatic rings. The molecule has 0 aromatic heterocycles. The van der Waals surface area contributed by atoms with Crippen molar-refractivity contribution in [2.24, 2.45) is 5.10 Å². The number of hydrazone groups is 1. The van der Waals surface area contributed by atoms with Crippen molar-refractivity contribution < 1.29 is 4.79 Å². The predicted octanol–water partition coefficient (Wildman–Crippen LogP) is 5.47. The summed E-state index contributed by atoms with van der Waals surface area (Å²) in [6.45, 7) is 1.60. The van der Waals surface area contributed by atoms with E-state index in [1.54, 1.807) is 23.2 Å². The van der Waals surface area contributed by atoms with Gasteiger partial charge in [0.2, 0.25) is 0 Å². The lowest BCUT2D eigenvalue weighted by molar-refractivity contribution is -0.115. The number of nitrogens with one attached hydrogen (secondary N) is 1. The van der Waals surface area contributed by atoms with Crippen molar-refractivity contribution in [1.29, 1.82) is 0 Å². The molecule has 2 aromatic carbocycles. The Morgan fingerprint density at radius 2 is 1.69 bits per heavy atom. The summed E-state index contributed by atoms with van der Waals surface area (Å²) in [7, 11) is 0. The molecule has 8 heteroatoms. The van der Waals surface area contributed by atoms with Gasteiger partial charge < -0.3 is 5.43 Å². The molecule has 2 aliphatic heterocycles. The number of amides is 1. The lowest BCUT2D eigenvalue weighted by Crippen LogP contribution is -2.51. The van der Waals surface area contributed by atoms with Crippen molar-refractivity contribution in [1.82, 2.24) is 10.4 Å². The smallest absolute Gasteiger partial charge is 0.289 e. The number of nitrogens with zero attached hydrogens (tertiary/aromatic N) is 3. The Morgan fingerprint density at radius 3 is 2.38 bits per heavy atom. The number of rotatable bonds is 4. The van der Waals surface area contributed by atoms with Crippen LogP contribution in [-0.2, 0) is 4.79 Å². The third kappa shape index (κ3) is 4.53. The SMILES string of the molecule is O=C(C1=NNC(c2ccc(Cl)cc2)C1)N(c1ccc(Cl)cc1Cl)N1CCCCC1. The summed E-state index contributed by atoms with van der Waals surface area (Å²) in [5, 5.41) is 9.73. The summed E-state index contributed by atoms with van der Waals surface area (Å²) in [5.41, 5.74) is 5.22. The van der Waals surface area contributed by atoms with Crippen LogP contribution in [0.1, 0.15) is 37.3 Å². The highest BCUT2D eigenvalue weighted by Crippen LogP contribution is 2.32. The highest BCUT2D eigenvalue weighted by molar-refractivity contribution is 6.45. The van der Waals surface area contributed by atoms with E-state index >= 15 is 0 Å². The van der Waals surface area contributed by atoms with Crippen LogP contribution >= 0.6 is 34.8 Å². The molecule has 1 fully saturated rings. The topological polar surface area (TPSA) is 47.9 Å². The Morgan fingerprint density at radius 1 is 1.00 bits per heavy atom. The summed E-state index contributed by atoms with van der Waals surface area (Å²) in [4.78, 5) is 13.5. The second kappa shape index (κ2) is 8.92. The fourth-order valence-electron chi connectivity index (χ4n) is 3.71. The first kappa shape index (κ1) is 20.5. The van der Waals surface area contributed by atoms with E-state index in [2.05, 4.69) is 15.5 Å². The number of carbonyl (C=O) groups is 1. The van der Waals surface area contributed by atoms with E-state index in [4.69, 9.17) is 34.8 Å². The summed E-state index contributed by atoms with van der Waals surface area (Å²) in [6.07, 6.45) is 3.73. The van der Waals surface area contributed by atoms with Gasteiger partial charge in [-0.15, -0.1) is 0 Å². The van der Waals surface area contributed by atoms with Gasteiger partial charge in [0.15, 0.2) is 0 Å². The maximum Gasteiger partial charge on any atom is 0.289 e. The van der Waals surface area contributed by atoms with Gasteiger partial charge in [-0.25, -0.2) is 10.0 Å². The van der Waals surface area contributed by atoms with Crippen LogP contribution in [-0.4, -0.2) is 29.7 Å². The molecule has 1 saturated heterocycles. The van der Waals surface area contributed by atoms with E-state index in [0.29, 0.717) is 32.9 Å². The maximum atomic E-state index is 13.5. The van der Waals surface area contributed by atoms with E-state index < -0.39 is 0 Å². The molecule has 1 atom stereocenters. The van der Waals surface area contributed by atoms with Gasteiger partial charge in [0, 0.05) is 29.6 Å². The molecule has 0 radical (unpaired) electrons. The maximum absolute atomic E-state index is 13.5. The lowest BCUT2D eigenvalue weighted by Gasteiger charge is -2.37. The van der Waals surface area contributed by atoms with Gasteiger partial charge >= 0.3 is 0 Å². The van der Waals surface area contributed by atoms with E-state index in [1.807, 2.05) is 24.3 Å². The van der Waals surface area contributed by atoms with Gasteiger partial charge in [-0.05, 0) is 48.7 Å². The minimum atomic E-state index is -0.167. The molecular formula is C21H21Cl3N4O. The number of hydrogen-bond donors (Lipinski definition) is 1. The second-order valence-corrected chi connectivity index (χ2v) is 8.50. The monoisotopic (exact) mass is 450 g/mol. The van der Waals surface area contributed by atoms with Crippen LogP contribution < -0.4 is 10.4 Å². The van der Waals surface area contributed by atoms with Crippen LogP contribution in [0.3, 0.4) is 0 Å². The average Bonchev–Trinajstić information content (AvgIpc) is 3.21. The number of carbonyl (C=O) groups excluding carboxylic acids is 1. The predicted molar refractivity (Wildman–Crippen MR) is 119 cm³/mol. The molecule has 2 heterocycles. The normalized spacial score (nSPS) is 19.6. The Hall–Kier alpha value is -1.79. The van der Waals surface area contributed by atoms with Crippen molar-refractivity contribution >= 4 is 52.1 Å². The molecule has 4 rings (SSSR count). The molecule has 1 amide bonds. The van der Waals surface area contributed by atoms with Gasteiger partial charge in [-0.3, -0.25) is 4.79 Å². The molecule has 1 N–H and O–H groups in total. The van der Waals surface area contributed by atoms with Crippen molar-refractivity contribution in [3.63, 3.8) is 0 Å². The first-order chi connectivity index (χ1) is 14.0. The zero-order valence-corrected chi connectivity index (χ0v) is 18.0. The Bertz CT molecular complexity index is 926. The van der Waals surface area contributed by atoms with E-state index in [-0.39, 0.29) is 11.9 Å². The Labute approximate surface area is 185 Å². The molecule has 152 valence electrons. The molecule has 0 spiro atoms. The number of halogens is 3. The van der Waals surface area contributed by atoms with Crippen LogP contribution in [0.15, 0.2) is 47.6 Å². The quantitative estimate of drug-likeness (QED) is 0.670. The zero-order valence-electron chi connectivity index (χ0n) is 15.7. The fraction of sp³-hybridized carbons (Fsp3) is 0.333. The minimum Gasteiger partial charge on any atom is -0.302 e. The second-order valence-electron chi connectivity index (χ2n) is 7.22. The van der Waals surface area contributed by atoms with Gasteiger partial charge in [0.05, 0.1) is 16.8 Å². The first-order valence-electron chi connectivity index (χ1n) is 9.65. The number of anilines is 1. The Balaban J connectivity index is 1.59. The molecule has 2 aromatic rings. The molecule has 0 aliphatic carbocycles. The van der Waals surface area contributed by atoms with E-state index in [9.17, 15) is 4.79 Å². The third-order valence-electron chi connectivity index (χ3n) is 5.22. The summed E-state index contributed by atoms with van der Waals surface area (Å²) >= 11 is 18.5. The molecule has 0 bridgehead atoms. The molecule has 29 heavy (non-hydrogen) atoms. The number of piperidine rings is 1. The van der Waals surface area contributed by atoms with Crippen LogP contribution in [0.4, 0.5) is 5.69 Å². The van der Waals surface area contributed by atoms with Crippen molar-refractivity contribution in [3.05, 3.63) is 63.1 Å². The summed E-state index contributed by atoms with van der Waals surface area (Å²) in [5.74, 6) is -0.167. The number of hydrazine groups is 1. The lowest BCUT2D eigenvalue weighted by atomic mass is 10.0. The largest absolute Gasteiger partial charge is 0.302 e. The van der Waals surface area contributed by atoms with Gasteiger partial charge in [-0.1, -0.05) is 53.4 Å². The molecule has 1 unspecified atom stereocenters. The number of benzene rings is 2. The summed E-state index contributed by atoms with van der Waals surface area (Å²) in [6, 6.07) is 12.7.